The maximum absolute atomic E-state index is 13.6. The Labute approximate surface area is 213 Å². The Hall–Kier alpha value is -3.29. The minimum absolute atomic E-state index is 0.183. The lowest BCUT2D eigenvalue weighted by Gasteiger charge is -2.14. The van der Waals surface area contributed by atoms with Crippen LogP contribution in [0.3, 0.4) is 0 Å². The monoisotopic (exact) mass is 507 g/mol. The first-order valence-corrected chi connectivity index (χ1v) is 12.6. The van der Waals surface area contributed by atoms with Gasteiger partial charge in [-0.15, -0.1) is 0 Å². The van der Waals surface area contributed by atoms with E-state index in [0.29, 0.717) is 56.3 Å². The topological polar surface area (TPSA) is 73.2 Å². The fourth-order valence-electron chi connectivity index (χ4n) is 3.49. The molecule has 1 N–H and O–H groups in total. The highest BCUT2D eigenvalue weighted by atomic mass is 35.5. The van der Waals surface area contributed by atoms with E-state index in [4.69, 9.17) is 21.3 Å². The van der Waals surface area contributed by atoms with Crippen LogP contribution in [0.4, 0.5) is 0 Å². The molecule has 6 nitrogen and oxygen atoms in total. The van der Waals surface area contributed by atoms with E-state index in [2.05, 4.69) is 5.32 Å². The number of halogens is 1. The summed E-state index contributed by atoms with van der Waals surface area (Å²) in [5.74, 6) is 1.45. The molecule has 1 heterocycles. The summed E-state index contributed by atoms with van der Waals surface area (Å²) in [4.78, 5) is 31.0. The summed E-state index contributed by atoms with van der Waals surface area (Å²) >= 11 is 7.46. The number of benzene rings is 3. The number of nitrogens with zero attached hydrogens (tertiary/aromatic N) is 2. The molecule has 35 heavy (non-hydrogen) atoms. The molecule has 1 aromatic heterocycles. The first-order valence-electron chi connectivity index (χ1n) is 11.2. The minimum Gasteiger partial charge on any atom is -0.497 e. The van der Waals surface area contributed by atoms with Gasteiger partial charge in [0.05, 0.1) is 23.7 Å². The second-order valence-electron chi connectivity index (χ2n) is 8.48. The van der Waals surface area contributed by atoms with E-state index in [0.717, 1.165) is 5.56 Å². The Kier molecular flexibility index (Phi) is 7.78. The molecule has 180 valence electrons. The summed E-state index contributed by atoms with van der Waals surface area (Å²) in [6.07, 6.45) is 0. The van der Waals surface area contributed by atoms with Crippen LogP contribution in [0, 0.1) is 5.92 Å². The number of nitrogens with one attached hydrogen (secondary N) is 1. The highest BCUT2D eigenvalue weighted by molar-refractivity contribution is 7.98. The van der Waals surface area contributed by atoms with Gasteiger partial charge in [0.15, 0.2) is 5.16 Å². The SMILES string of the molecule is COc1ccc(-n2c(SCc3ccc(Cl)cc3)nc3cc(C(=O)NCC(C)C)ccc3c2=O)cc1. The number of fused-ring (bicyclic) bond motifs is 1. The quantitative estimate of drug-likeness (QED) is 0.244. The highest BCUT2D eigenvalue weighted by Gasteiger charge is 2.16. The molecule has 0 bridgehead atoms. The van der Waals surface area contributed by atoms with E-state index in [1.54, 1.807) is 29.9 Å². The number of hydrogen-bond acceptors (Lipinski definition) is 5. The zero-order valence-corrected chi connectivity index (χ0v) is 21.3. The molecular formula is C27H26ClN3O3S. The summed E-state index contributed by atoms with van der Waals surface area (Å²) in [6, 6.07) is 19.9. The number of aromatic nitrogens is 2. The van der Waals surface area contributed by atoms with E-state index < -0.39 is 0 Å². The number of ether oxygens (including phenoxy) is 1. The van der Waals surface area contributed by atoms with E-state index in [1.807, 2.05) is 62.4 Å². The van der Waals surface area contributed by atoms with Gasteiger partial charge in [-0.3, -0.25) is 14.2 Å². The number of methoxy groups -OCH3 is 1. The molecule has 0 aliphatic heterocycles. The zero-order chi connectivity index (χ0) is 24.9. The summed E-state index contributed by atoms with van der Waals surface area (Å²) in [7, 11) is 1.60. The van der Waals surface area contributed by atoms with Crippen molar-refractivity contribution in [3.8, 4) is 11.4 Å². The van der Waals surface area contributed by atoms with Crippen molar-refractivity contribution in [2.75, 3.05) is 13.7 Å². The Morgan fingerprint density at radius 3 is 2.46 bits per heavy atom. The van der Waals surface area contributed by atoms with Crippen molar-refractivity contribution in [1.82, 2.24) is 14.9 Å². The van der Waals surface area contributed by atoms with Crippen LogP contribution in [0.25, 0.3) is 16.6 Å². The van der Waals surface area contributed by atoms with Gasteiger partial charge in [0.1, 0.15) is 5.75 Å². The molecular weight excluding hydrogens is 482 g/mol. The molecule has 1 amide bonds. The van der Waals surface area contributed by atoms with Gasteiger partial charge in [0.2, 0.25) is 0 Å². The molecule has 0 aliphatic carbocycles. The van der Waals surface area contributed by atoms with E-state index in [1.165, 1.54) is 11.8 Å². The second-order valence-corrected chi connectivity index (χ2v) is 9.86. The van der Waals surface area contributed by atoms with Crippen LogP contribution >= 0.6 is 23.4 Å². The normalized spacial score (nSPS) is 11.1. The Bertz CT molecular complexity index is 1400. The van der Waals surface area contributed by atoms with Crippen molar-refractivity contribution in [1.29, 1.82) is 0 Å². The fraction of sp³-hybridized carbons (Fsp3) is 0.222. The van der Waals surface area contributed by atoms with Gasteiger partial charge < -0.3 is 10.1 Å². The number of thioether (sulfide) groups is 1. The first-order chi connectivity index (χ1) is 16.9. The number of hydrogen-bond donors (Lipinski definition) is 1. The molecule has 0 aliphatic rings. The van der Waals surface area contributed by atoms with Gasteiger partial charge in [0, 0.05) is 22.9 Å². The summed E-state index contributed by atoms with van der Waals surface area (Å²) in [5, 5.41) is 4.55. The molecule has 0 saturated heterocycles. The fourth-order valence-corrected chi connectivity index (χ4v) is 4.58. The van der Waals surface area contributed by atoms with E-state index in [-0.39, 0.29) is 11.5 Å². The lowest BCUT2D eigenvalue weighted by molar-refractivity contribution is 0.0949. The number of carbonyl (C=O) groups excluding carboxylic acids is 1. The van der Waals surface area contributed by atoms with E-state index >= 15 is 0 Å². The average molecular weight is 508 g/mol. The molecule has 0 spiro atoms. The third-order valence-corrected chi connectivity index (χ3v) is 6.65. The van der Waals surface area contributed by atoms with Crippen LogP contribution in [0.1, 0.15) is 29.8 Å². The molecule has 4 rings (SSSR count). The average Bonchev–Trinajstić information content (AvgIpc) is 2.87. The van der Waals surface area contributed by atoms with Crippen molar-refractivity contribution in [3.63, 3.8) is 0 Å². The van der Waals surface area contributed by atoms with Gasteiger partial charge >= 0.3 is 0 Å². The Balaban J connectivity index is 1.78. The molecule has 0 atom stereocenters. The minimum atomic E-state index is -0.201. The van der Waals surface area contributed by atoms with Crippen molar-refractivity contribution < 1.29 is 9.53 Å². The van der Waals surface area contributed by atoms with Crippen LogP contribution in [0.5, 0.6) is 5.75 Å². The van der Waals surface area contributed by atoms with Gasteiger partial charge in [-0.25, -0.2) is 4.98 Å². The smallest absolute Gasteiger partial charge is 0.266 e. The largest absolute Gasteiger partial charge is 0.497 e. The number of amides is 1. The van der Waals surface area contributed by atoms with Gasteiger partial charge in [-0.05, 0) is 66.1 Å². The van der Waals surface area contributed by atoms with Crippen LogP contribution in [0.15, 0.2) is 76.7 Å². The van der Waals surface area contributed by atoms with Gasteiger partial charge in [-0.2, -0.15) is 0 Å². The maximum atomic E-state index is 13.6. The molecule has 4 aromatic rings. The standard InChI is InChI=1S/C27H26ClN3O3S/c1-17(2)15-29-25(32)19-6-13-23-24(14-19)30-27(35-16-18-4-7-20(28)8-5-18)31(26(23)33)21-9-11-22(34-3)12-10-21/h4-14,17H,15-16H2,1-3H3,(H,29,32). The van der Waals surface area contributed by atoms with Crippen LogP contribution < -0.4 is 15.6 Å². The lowest BCUT2D eigenvalue weighted by atomic mass is 10.1. The van der Waals surface area contributed by atoms with Gasteiger partial charge in [0.25, 0.3) is 11.5 Å². The van der Waals surface area contributed by atoms with Crippen LogP contribution in [-0.2, 0) is 5.75 Å². The van der Waals surface area contributed by atoms with E-state index in [9.17, 15) is 9.59 Å². The molecule has 0 unspecified atom stereocenters. The molecule has 0 fully saturated rings. The van der Waals surface area contributed by atoms with Crippen molar-refractivity contribution in [3.05, 3.63) is 93.2 Å². The third kappa shape index (κ3) is 5.86. The van der Waals surface area contributed by atoms with Crippen molar-refractivity contribution in [2.24, 2.45) is 5.92 Å². The number of rotatable bonds is 8. The summed E-state index contributed by atoms with van der Waals surface area (Å²) in [6.45, 7) is 4.65. The predicted octanol–water partition coefficient (Wildman–Crippen LogP) is 5.73. The Morgan fingerprint density at radius 2 is 1.80 bits per heavy atom. The van der Waals surface area contributed by atoms with Crippen molar-refractivity contribution in [2.45, 2.75) is 24.8 Å². The second kappa shape index (κ2) is 11.0. The first kappa shape index (κ1) is 24.8. The van der Waals surface area contributed by atoms with Crippen molar-refractivity contribution >= 4 is 40.2 Å². The molecule has 0 radical (unpaired) electrons. The lowest BCUT2D eigenvalue weighted by Crippen LogP contribution is -2.27. The third-order valence-electron chi connectivity index (χ3n) is 5.38. The van der Waals surface area contributed by atoms with Crippen LogP contribution in [0.2, 0.25) is 5.02 Å². The molecule has 8 heteroatoms. The Morgan fingerprint density at radius 1 is 1.09 bits per heavy atom. The molecule has 0 saturated carbocycles. The maximum Gasteiger partial charge on any atom is 0.266 e. The summed E-state index contributed by atoms with van der Waals surface area (Å²) in [5.41, 5.74) is 2.49. The highest BCUT2D eigenvalue weighted by Crippen LogP contribution is 2.26. The van der Waals surface area contributed by atoms with Crippen LogP contribution in [-0.4, -0.2) is 29.1 Å². The molecule has 3 aromatic carbocycles. The zero-order valence-electron chi connectivity index (χ0n) is 19.7. The summed E-state index contributed by atoms with van der Waals surface area (Å²) < 4.78 is 6.86. The van der Waals surface area contributed by atoms with Gasteiger partial charge in [-0.1, -0.05) is 49.3 Å². The number of carbonyl (C=O) groups is 1. The predicted molar refractivity (Wildman–Crippen MR) is 142 cm³/mol.